The zero-order chi connectivity index (χ0) is 23.3. The highest BCUT2D eigenvalue weighted by Gasteiger charge is 2.27. The quantitative estimate of drug-likeness (QED) is 0.293. The van der Waals surface area contributed by atoms with Crippen LogP contribution in [0.2, 0.25) is 0 Å². The van der Waals surface area contributed by atoms with Crippen LogP contribution in [-0.4, -0.2) is 44.1 Å². The highest BCUT2D eigenvalue weighted by molar-refractivity contribution is 7.89. The number of nitrogens with one attached hydrogen (secondary N) is 1. The van der Waals surface area contributed by atoms with Gasteiger partial charge in [0.05, 0.1) is 23.9 Å². The summed E-state index contributed by atoms with van der Waals surface area (Å²) in [4.78, 5) is 10.4. The molecule has 0 saturated carbocycles. The number of non-ortho nitro benzene ring substituents is 1. The van der Waals surface area contributed by atoms with E-state index in [1.165, 1.54) is 22.7 Å². The maximum Gasteiger partial charge on any atom is 0.270 e. The lowest BCUT2D eigenvalue weighted by molar-refractivity contribution is -0.385. The third-order valence-electron chi connectivity index (χ3n) is 5.03. The summed E-state index contributed by atoms with van der Waals surface area (Å²) in [6.45, 7) is 3.88. The van der Waals surface area contributed by atoms with Gasteiger partial charge in [-0.1, -0.05) is 44.2 Å². The van der Waals surface area contributed by atoms with Crippen molar-refractivity contribution in [3.63, 3.8) is 0 Å². The second-order valence-electron chi connectivity index (χ2n) is 6.80. The van der Waals surface area contributed by atoms with Crippen LogP contribution in [0.5, 0.6) is 5.75 Å². The van der Waals surface area contributed by atoms with Gasteiger partial charge in [-0.3, -0.25) is 15.5 Å². The van der Waals surface area contributed by atoms with E-state index in [4.69, 9.17) is 4.74 Å². The fraction of sp³-hybridized carbons (Fsp3) is 0.227. The Morgan fingerprint density at radius 1 is 1.12 bits per heavy atom. The van der Waals surface area contributed by atoms with E-state index >= 15 is 0 Å². The number of fused-ring (bicyclic) bond motifs is 1. The van der Waals surface area contributed by atoms with Crippen LogP contribution >= 0.6 is 0 Å². The number of rotatable bonds is 9. The lowest BCUT2D eigenvalue weighted by atomic mass is 10.0. The van der Waals surface area contributed by atoms with E-state index < -0.39 is 14.9 Å². The molecule has 0 aliphatic rings. The minimum atomic E-state index is -3.96. The van der Waals surface area contributed by atoms with Gasteiger partial charge in [-0.15, -0.1) is 0 Å². The van der Waals surface area contributed by atoms with Gasteiger partial charge in [0.25, 0.3) is 5.69 Å². The van der Waals surface area contributed by atoms with Crippen LogP contribution in [0.4, 0.5) is 11.4 Å². The summed E-state index contributed by atoms with van der Waals surface area (Å²) >= 11 is 0. The lowest BCUT2D eigenvalue weighted by Crippen LogP contribution is -2.31. The van der Waals surface area contributed by atoms with Crippen molar-refractivity contribution in [2.75, 3.05) is 25.6 Å². The van der Waals surface area contributed by atoms with Crippen LogP contribution < -0.4 is 10.2 Å². The molecule has 32 heavy (non-hydrogen) atoms. The molecule has 0 saturated heterocycles. The van der Waals surface area contributed by atoms with Crippen LogP contribution in [0.25, 0.3) is 10.8 Å². The third kappa shape index (κ3) is 4.56. The van der Waals surface area contributed by atoms with Gasteiger partial charge < -0.3 is 4.74 Å². The van der Waals surface area contributed by atoms with Crippen molar-refractivity contribution in [2.24, 2.45) is 5.10 Å². The van der Waals surface area contributed by atoms with Crippen LogP contribution in [0, 0.1) is 10.1 Å². The number of methoxy groups -OCH3 is 1. The molecule has 0 bridgehead atoms. The Balaban J connectivity index is 2.04. The highest BCUT2D eigenvalue weighted by Crippen LogP contribution is 2.30. The van der Waals surface area contributed by atoms with Gasteiger partial charge in [-0.05, 0) is 22.9 Å². The average molecular weight is 457 g/mol. The van der Waals surface area contributed by atoms with E-state index in [9.17, 15) is 18.5 Å². The van der Waals surface area contributed by atoms with Crippen LogP contribution in [0.15, 0.2) is 64.6 Å². The molecular weight excluding hydrogens is 432 g/mol. The first-order valence-electron chi connectivity index (χ1n) is 9.96. The first kappa shape index (κ1) is 23.2. The van der Waals surface area contributed by atoms with Gasteiger partial charge in [0, 0.05) is 30.8 Å². The third-order valence-corrected chi connectivity index (χ3v) is 7.12. The Morgan fingerprint density at radius 2 is 1.84 bits per heavy atom. The Morgan fingerprint density at radius 3 is 2.50 bits per heavy atom. The van der Waals surface area contributed by atoms with Crippen LogP contribution in [-0.2, 0) is 10.0 Å². The zero-order valence-electron chi connectivity index (χ0n) is 18.0. The molecule has 0 atom stereocenters. The second kappa shape index (κ2) is 9.75. The molecule has 10 heteroatoms. The fourth-order valence-electron chi connectivity index (χ4n) is 3.39. The number of hydrogen-bond acceptors (Lipinski definition) is 7. The maximum absolute atomic E-state index is 13.1. The van der Waals surface area contributed by atoms with Gasteiger partial charge >= 0.3 is 0 Å². The molecule has 0 spiro atoms. The molecule has 0 aliphatic carbocycles. The number of nitro benzene ring substituents is 1. The van der Waals surface area contributed by atoms with E-state index in [2.05, 4.69) is 10.5 Å². The number of hydrogen-bond donors (Lipinski definition) is 1. The summed E-state index contributed by atoms with van der Waals surface area (Å²) in [6, 6.07) is 15.1. The molecule has 0 aliphatic heterocycles. The van der Waals surface area contributed by atoms with Crippen molar-refractivity contribution in [1.82, 2.24) is 4.31 Å². The first-order chi connectivity index (χ1) is 15.3. The SMILES string of the molecule is CCN(CC)S(=O)(=O)c1cc([N+](=O)[O-])ccc1N/N=C/c1c(OC)ccc2ccccc12. The summed E-state index contributed by atoms with van der Waals surface area (Å²) in [5.41, 5.74) is 3.27. The van der Waals surface area contributed by atoms with Crippen molar-refractivity contribution in [1.29, 1.82) is 0 Å². The number of anilines is 1. The van der Waals surface area contributed by atoms with Crippen molar-refractivity contribution >= 4 is 38.4 Å². The molecule has 0 radical (unpaired) electrons. The minimum Gasteiger partial charge on any atom is -0.496 e. The number of benzene rings is 3. The van der Waals surface area contributed by atoms with E-state index in [1.54, 1.807) is 21.0 Å². The predicted octanol–water partition coefficient (Wildman–Crippen LogP) is 4.23. The molecule has 0 amide bonds. The van der Waals surface area contributed by atoms with Crippen molar-refractivity contribution in [3.8, 4) is 5.75 Å². The molecule has 1 N–H and O–H groups in total. The van der Waals surface area contributed by atoms with E-state index in [1.807, 2.05) is 36.4 Å². The Labute approximate surface area is 186 Å². The number of nitrogens with zero attached hydrogens (tertiary/aromatic N) is 3. The first-order valence-corrected chi connectivity index (χ1v) is 11.4. The summed E-state index contributed by atoms with van der Waals surface area (Å²) < 4.78 is 32.9. The Bertz CT molecular complexity index is 1270. The summed E-state index contributed by atoms with van der Waals surface area (Å²) in [5, 5.41) is 17.4. The second-order valence-corrected chi connectivity index (χ2v) is 8.71. The smallest absolute Gasteiger partial charge is 0.270 e. The van der Waals surface area contributed by atoms with E-state index in [0.29, 0.717) is 11.3 Å². The standard InChI is InChI=1S/C22H24N4O5S/c1-4-25(5-2)32(29,30)22-14-17(26(27)28)11-12-20(22)24-23-15-19-18-9-7-6-8-16(18)10-13-21(19)31-3/h6-15,24H,4-5H2,1-3H3/b23-15+. The number of hydrazone groups is 1. The van der Waals surface area contributed by atoms with Crippen molar-refractivity contribution in [2.45, 2.75) is 18.7 Å². The van der Waals surface area contributed by atoms with Crippen LogP contribution in [0.1, 0.15) is 19.4 Å². The molecule has 0 heterocycles. The number of sulfonamides is 1. The molecule has 168 valence electrons. The highest BCUT2D eigenvalue weighted by atomic mass is 32.2. The van der Waals surface area contributed by atoms with Gasteiger partial charge in [-0.25, -0.2) is 8.42 Å². The molecule has 0 aromatic heterocycles. The summed E-state index contributed by atoms with van der Waals surface area (Å²) in [7, 11) is -2.41. The normalized spacial score (nSPS) is 11.9. The van der Waals surface area contributed by atoms with Gasteiger partial charge in [0.15, 0.2) is 0 Å². The number of nitro groups is 1. The molecule has 3 aromatic carbocycles. The van der Waals surface area contributed by atoms with Crippen molar-refractivity contribution < 1.29 is 18.1 Å². The Kier molecular flexibility index (Phi) is 7.06. The monoisotopic (exact) mass is 456 g/mol. The van der Waals surface area contributed by atoms with Gasteiger partial charge in [-0.2, -0.15) is 9.41 Å². The molecule has 9 nitrogen and oxygen atoms in total. The Hall–Kier alpha value is -3.50. The summed E-state index contributed by atoms with van der Waals surface area (Å²) in [6.07, 6.45) is 1.54. The minimum absolute atomic E-state index is 0.137. The predicted molar refractivity (Wildman–Crippen MR) is 125 cm³/mol. The zero-order valence-corrected chi connectivity index (χ0v) is 18.8. The molecule has 3 rings (SSSR count). The molecule has 0 fully saturated rings. The van der Waals surface area contributed by atoms with Gasteiger partial charge in [0.1, 0.15) is 10.6 Å². The average Bonchev–Trinajstić information content (AvgIpc) is 2.79. The molecule has 0 unspecified atom stereocenters. The van der Waals surface area contributed by atoms with Crippen molar-refractivity contribution in [3.05, 3.63) is 70.3 Å². The van der Waals surface area contributed by atoms with Crippen LogP contribution in [0.3, 0.4) is 0 Å². The van der Waals surface area contributed by atoms with Gasteiger partial charge in [0.2, 0.25) is 10.0 Å². The van der Waals surface area contributed by atoms with E-state index in [0.717, 1.165) is 16.8 Å². The maximum atomic E-state index is 13.1. The topological polar surface area (TPSA) is 114 Å². The molecular formula is C22H24N4O5S. The van der Waals surface area contributed by atoms with E-state index in [-0.39, 0.29) is 29.4 Å². The summed E-state index contributed by atoms with van der Waals surface area (Å²) in [5.74, 6) is 0.605. The fourth-order valence-corrected chi connectivity index (χ4v) is 5.01. The molecule has 3 aromatic rings. The lowest BCUT2D eigenvalue weighted by Gasteiger charge is -2.20. The number of ether oxygens (including phenoxy) is 1. The largest absolute Gasteiger partial charge is 0.496 e.